The summed E-state index contributed by atoms with van der Waals surface area (Å²) in [7, 11) is 0. The van der Waals surface area contributed by atoms with Crippen molar-refractivity contribution < 1.29 is 9.47 Å². The molecule has 3 rings (SSSR count). The first-order chi connectivity index (χ1) is 9.36. The highest BCUT2D eigenvalue weighted by molar-refractivity contribution is 5.40. The topological polar surface area (TPSA) is 30.5 Å². The lowest BCUT2D eigenvalue weighted by Crippen LogP contribution is -2.29. The van der Waals surface area contributed by atoms with Crippen LogP contribution in [0.5, 0.6) is 5.75 Å². The second-order valence-corrected chi connectivity index (χ2v) is 5.47. The lowest BCUT2D eigenvalue weighted by Gasteiger charge is -2.20. The summed E-state index contributed by atoms with van der Waals surface area (Å²) in [5, 5.41) is 3.65. The van der Waals surface area contributed by atoms with E-state index >= 15 is 0 Å². The van der Waals surface area contributed by atoms with Gasteiger partial charge >= 0.3 is 0 Å². The molecule has 0 aromatic heterocycles. The molecule has 1 aromatic carbocycles. The largest absolute Gasteiger partial charge is 0.493 e. The summed E-state index contributed by atoms with van der Waals surface area (Å²) in [6.45, 7) is 4.96. The maximum atomic E-state index is 5.68. The van der Waals surface area contributed by atoms with Gasteiger partial charge in [-0.3, -0.25) is 0 Å². The Bertz CT molecular complexity index is 427. The fourth-order valence-electron chi connectivity index (χ4n) is 3.00. The molecular weight excluding hydrogens is 238 g/mol. The van der Waals surface area contributed by atoms with Gasteiger partial charge in [0.25, 0.3) is 0 Å². The average molecular weight is 261 g/mol. The third-order valence-electron chi connectivity index (χ3n) is 4.14. The lowest BCUT2D eigenvalue weighted by molar-refractivity contribution is 0.107. The minimum absolute atomic E-state index is 0.409. The molecular formula is C16H23NO2. The Hall–Kier alpha value is -1.06. The molecule has 2 heterocycles. The maximum Gasteiger partial charge on any atom is 0.122 e. The molecule has 3 nitrogen and oxygen atoms in total. The Morgan fingerprint density at radius 2 is 2.32 bits per heavy atom. The van der Waals surface area contributed by atoms with Crippen molar-refractivity contribution in [2.24, 2.45) is 0 Å². The van der Waals surface area contributed by atoms with Crippen molar-refractivity contribution in [3.63, 3.8) is 0 Å². The highest BCUT2D eigenvalue weighted by Crippen LogP contribution is 2.29. The van der Waals surface area contributed by atoms with Gasteiger partial charge in [0.2, 0.25) is 0 Å². The molecule has 104 valence electrons. The third-order valence-corrected chi connectivity index (χ3v) is 4.14. The van der Waals surface area contributed by atoms with E-state index in [2.05, 4.69) is 30.4 Å². The third kappa shape index (κ3) is 2.93. The summed E-state index contributed by atoms with van der Waals surface area (Å²) in [5.74, 6) is 1.07. The molecule has 2 aliphatic heterocycles. The van der Waals surface area contributed by atoms with Gasteiger partial charge in [0.1, 0.15) is 5.75 Å². The number of nitrogens with one attached hydrogen (secondary N) is 1. The van der Waals surface area contributed by atoms with E-state index in [0.29, 0.717) is 12.1 Å². The Labute approximate surface area is 115 Å². The van der Waals surface area contributed by atoms with Gasteiger partial charge in [0.15, 0.2) is 0 Å². The van der Waals surface area contributed by atoms with E-state index in [1.54, 1.807) is 0 Å². The molecule has 0 radical (unpaired) electrons. The predicted octanol–water partition coefficient (Wildman–Crippen LogP) is 2.84. The van der Waals surface area contributed by atoms with Crippen LogP contribution in [0.15, 0.2) is 18.2 Å². The van der Waals surface area contributed by atoms with Crippen molar-refractivity contribution in [2.45, 2.75) is 44.8 Å². The van der Waals surface area contributed by atoms with Crippen molar-refractivity contribution in [2.75, 3.05) is 19.8 Å². The monoisotopic (exact) mass is 261 g/mol. The van der Waals surface area contributed by atoms with Crippen LogP contribution in [0.1, 0.15) is 43.4 Å². The second-order valence-electron chi connectivity index (χ2n) is 5.47. The fourth-order valence-corrected chi connectivity index (χ4v) is 3.00. The Kier molecular flexibility index (Phi) is 4.04. The van der Waals surface area contributed by atoms with Gasteiger partial charge in [0, 0.05) is 25.6 Å². The van der Waals surface area contributed by atoms with Crippen LogP contribution in [0.2, 0.25) is 0 Å². The van der Waals surface area contributed by atoms with E-state index in [9.17, 15) is 0 Å². The number of rotatable bonds is 5. The summed E-state index contributed by atoms with van der Waals surface area (Å²) in [5.41, 5.74) is 2.74. The molecule has 1 fully saturated rings. The summed E-state index contributed by atoms with van der Waals surface area (Å²) >= 11 is 0. The molecule has 0 bridgehead atoms. The molecule has 3 heteroatoms. The second kappa shape index (κ2) is 5.93. The summed E-state index contributed by atoms with van der Waals surface area (Å²) in [6.07, 6.45) is 4.96. The van der Waals surface area contributed by atoms with Crippen LogP contribution >= 0.6 is 0 Å². The van der Waals surface area contributed by atoms with Gasteiger partial charge in [-0.25, -0.2) is 0 Å². The Morgan fingerprint density at radius 3 is 3.11 bits per heavy atom. The lowest BCUT2D eigenvalue weighted by atomic mass is 10.0. The highest BCUT2D eigenvalue weighted by Gasteiger charge is 2.19. The van der Waals surface area contributed by atoms with Crippen molar-refractivity contribution in [1.82, 2.24) is 5.32 Å². The number of benzene rings is 1. The van der Waals surface area contributed by atoms with Crippen LogP contribution in [0, 0.1) is 0 Å². The van der Waals surface area contributed by atoms with Gasteiger partial charge in [-0.15, -0.1) is 0 Å². The zero-order chi connectivity index (χ0) is 13.1. The van der Waals surface area contributed by atoms with E-state index < -0.39 is 0 Å². The van der Waals surface area contributed by atoms with Gasteiger partial charge in [0.05, 0.1) is 12.7 Å². The van der Waals surface area contributed by atoms with Crippen LogP contribution in [0.4, 0.5) is 0 Å². The molecule has 19 heavy (non-hydrogen) atoms. The molecule has 0 spiro atoms. The minimum Gasteiger partial charge on any atom is -0.493 e. The maximum absolute atomic E-state index is 5.68. The fraction of sp³-hybridized carbons (Fsp3) is 0.625. The first-order valence-corrected chi connectivity index (χ1v) is 7.47. The zero-order valence-corrected chi connectivity index (χ0v) is 11.7. The van der Waals surface area contributed by atoms with E-state index in [-0.39, 0.29) is 0 Å². The predicted molar refractivity (Wildman–Crippen MR) is 75.6 cm³/mol. The molecule has 1 saturated heterocycles. The highest BCUT2D eigenvalue weighted by atomic mass is 16.5. The normalized spacial score (nSPS) is 23.1. The number of fused-ring (bicyclic) bond motifs is 1. The number of hydrogen-bond acceptors (Lipinski definition) is 3. The van der Waals surface area contributed by atoms with Crippen molar-refractivity contribution in [3.05, 3.63) is 29.3 Å². The summed E-state index contributed by atoms with van der Waals surface area (Å²) in [6, 6.07) is 7.04. The Morgan fingerprint density at radius 1 is 1.37 bits per heavy atom. The standard InChI is InChI=1S/C16H23NO2/c1-2-15(17-11-14-4-3-8-18-14)12-5-6-16-13(10-12)7-9-19-16/h5-6,10,14-15,17H,2-4,7-9,11H2,1H3. The molecule has 0 saturated carbocycles. The van der Waals surface area contributed by atoms with Crippen LogP contribution in [-0.4, -0.2) is 25.9 Å². The first-order valence-electron chi connectivity index (χ1n) is 7.47. The molecule has 2 atom stereocenters. The number of hydrogen-bond donors (Lipinski definition) is 1. The van der Waals surface area contributed by atoms with E-state index in [0.717, 1.165) is 38.3 Å². The molecule has 2 unspecified atom stereocenters. The smallest absolute Gasteiger partial charge is 0.122 e. The van der Waals surface area contributed by atoms with Crippen LogP contribution in [-0.2, 0) is 11.2 Å². The molecule has 1 N–H and O–H groups in total. The van der Waals surface area contributed by atoms with Crippen LogP contribution < -0.4 is 10.1 Å². The number of ether oxygens (including phenoxy) is 2. The van der Waals surface area contributed by atoms with E-state index in [1.165, 1.54) is 24.0 Å². The van der Waals surface area contributed by atoms with Crippen molar-refractivity contribution in [1.29, 1.82) is 0 Å². The van der Waals surface area contributed by atoms with Gasteiger partial charge in [-0.1, -0.05) is 19.1 Å². The van der Waals surface area contributed by atoms with Gasteiger partial charge in [-0.2, -0.15) is 0 Å². The van der Waals surface area contributed by atoms with Crippen molar-refractivity contribution >= 4 is 0 Å². The SMILES string of the molecule is CCC(NCC1CCCO1)c1ccc2c(c1)CCO2. The van der Waals surface area contributed by atoms with Gasteiger partial charge in [-0.05, 0) is 36.5 Å². The zero-order valence-electron chi connectivity index (χ0n) is 11.7. The van der Waals surface area contributed by atoms with Crippen molar-refractivity contribution in [3.8, 4) is 5.75 Å². The molecule has 2 aliphatic rings. The molecule has 0 amide bonds. The molecule has 1 aromatic rings. The van der Waals surface area contributed by atoms with E-state index in [4.69, 9.17) is 9.47 Å². The van der Waals surface area contributed by atoms with Crippen LogP contribution in [0.3, 0.4) is 0 Å². The summed E-state index contributed by atoms with van der Waals surface area (Å²) < 4.78 is 11.2. The van der Waals surface area contributed by atoms with Gasteiger partial charge < -0.3 is 14.8 Å². The minimum atomic E-state index is 0.409. The van der Waals surface area contributed by atoms with Crippen LogP contribution in [0.25, 0.3) is 0 Å². The summed E-state index contributed by atoms with van der Waals surface area (Å²) in [4.78, 5) is 0. The molecule has 0 aliphatic carbocycles. The first kappa shape index (κ1) is 12.9. The van der Waals surface area contributed by atoms with E-state index in [1.807, 2.05) is 0 Å². The quantitative estimate of drug-likeness (QED) is 0.884. The average Bonchev–Trinajstić information content (AvgIpc) is 3.09. The Balaban J connectivity index is 1.64.